The number of aryl methyl sites for hydroxylation is 1. The van der Waals surface area contributed by atoms with E-state index in [0.717, 1.165) is 23.1 Å². The third kappa shape index (κ3) is 4.02. The number of aromatic nitrogens is 5. The number of ether oxygens (including phenoxy) is 1. The summed E-state index contributed by atoms with van der Waals surface area (Å²) in [7, 11) is 0. The number of halogens is 3. The molecule has 34 heavy (non-hydrogen) atoms. The first-order chi connectivity index (χ1) is 16.3. The number of nitrogens with zero attached hydrogens (tertiary/aromatic N) is 4. The summed E-state index contributed by atoms with van der Waals surface area (Å²) in [6.07, 6.45) is 1.84. The highest BCUT2D eigenvalue weighted by Gasteiger charge is 2.27. The summed E-state index contributed by atoms with van der Waals surface area (Å²) < 4.78 is 6.73. The van der Waals surface area contributed by atoms with Crippen LogP contribution in [0.15, 0.2) is 52.1 Å². The first kappa shape index (κ1) is 22.4. The average Bonchev–Trinajstić information content (AvgIpc) is 3.23. The zero-order chi connectivity index (χ0) is 24.0. The highest BCUT2D eigenvalue weighted by Crippen LogP contribution is 2.42. The molecular formula is C22H15Cl3N6O3. The quantitative estimate of drug-likeness (QED) is 0.416. The first-order valence-electron chi connectivity index (χ1n) is 10.1. The van der Waals surface area contributed by atoms with Crippen molar-refractivity contribution in [3.63, 3.8) is 0 Å². The number of H-pyrrole nitrogens is 1. The molecule has 0 spiro atoms. The maximum absolute atomic E-state index is 12.1. The van der Waals surface area contributed by atoms with E-state index < -0.39 is 11.2 Å². The summed E-state index contributed by atoms with van der Waals surface area (Å²) in [5.74, 6) is -0.0565. The summed E-state index contributed by atoms with van der Waals surface area (Å²) in [6.45, 7) is 0. The molecule has 1 aliphatic rings. The van der Waals surface area contributed by atoms with Crippen LogP contribution in [0.3, 0.4) is 0 Å². The molecule has 12 heteroatoms. The van der Waals surface area contributed by atoms with Crippen LogP contribution in [0.4, 0.5) is 5.82 Å². The number of hydrogen-bond donors (Lipinski definition) is 2. The average molecular weight is 518 g/mol. The Balaban J connectivity index is 1.49. The molecule has 0 amide bonds. The van der Waals surface area contributed by atoms with Gasteiger partial charge in [-0.15, -0.1) is 15.3 Å². The molecule has 2 heterocycles. The third-order valence-electron chi connectivity index (χ3n) is 5.55. The Bertz CT molecular complexity index is 1530. The summed E-state index contributed by atoms with van der Waals surface area (Å²) in [4.78, 5) is 25.7. The highest BCUT2D eigenvalue weighted by molar-refractivity contribution is 6.37. The number of anilines is 1. The second-order valence-corrected chi connectivity index (χ2v) is 8.79. The van der Waals surface area contributed by atoms with E-state index in [9.17, 15) is 9.59 Å². The Labute approximate surface area is 207 Å². The minimum absolute atomic E-state index is 0.0681. The normalized spacial score (nSPS) is 14.7. The Morgan fingerprint density at radius 2 is 1.76 bits per heavy atom. The van der Waals surface area contributed by atoms with Crippen LogP contribution in [0, 0.1) is 0 Å². The topological polar surface area (TPSA) is 129 Å². The van der Waals surface area contributed by atoms with Crippen LogP contribution < -0.4 is 21.7 Å². The second-order valence-electron chi connectivity index (χ2n) is 7.62. The molecular weight excluding hydrogens is 503 g/mol. The van der Waals surface area contributed by atoms with Gasteiger partial charge in [0.25, 0.3) is 5.56 Å². The number of nitrogens with one attached hydrogen (secondary N) is 1. The number of aromatic amines is 1. The van der Waals surface area contributed by atoms with Gasteiger partial charge in [0.05, 0.1) is 15.7 Å². The Morgan fingerprint density at radius 3 is 2.53 bits per heavy atom. The van der Waals surface area contributed by atoms with Crippen molar-refractivity contribution in [1.82, 2.24) is 25.0 Å². The number of fused-ring (bicyclic) bond motifs is 1. The van der Waals surface area contributed by atoms with Gasteiger partial charge in [-0.1, -0.05) is 59.1 Å². The lowest BCUT2D eigenvalue weighted by molar-refractivity contribution is 0.454. The van der Waals surface area contributed by atoms with Crippen LogP contribution in [0.5, 0.6) is 11.6 Å². The number of hydrogen-bond acceptors (Lipinski definition) is 7. The molecule has 1 unspecified atom stereocenters. The van der Waals surface area contributed by atoms with Gasteiger partial charge in [-0.3, -0.25) is 9.78 Å². The summed E-state index contributed by atoms with van der Waals surface area (Å²) in [5, 5.41) is 12.3. The Hall–Kier alpha value is -3.40. The Kier molecular flexibility index (Phi) is 5.76. The van der Waals surface area contributed by atoms with E-state index in [4.69, 9.17) is 45.3 Å². The van der Waals surface area contributed by atoms with Crippen molar-refractivity contribution in [3.05, 3.63) is 95.2 Å². The SMILES string of the molecule is Nc1nn(-c2cc(Cl)c(Oc3cc(C4CCc5ccccc54)c(Cl)nn3)c(Cl)c2)c(=O)[nH]c1=O. The minimum Gasteiger partial charge on any atom is -0.434 e. The molecule has 2 aromatic heterocycles. The van der Waals surface area contributed by atoms with E-state index >= 15 is 0 Å². The lowest BCUT2D eigenvalue weighted by atomic mass is 9.94. The van der Waals surface area contributed by atoms with Crippen molar-refractivity contribution < 1.29 is 4.74 Å². The molecule has 1 aliphatic carbocycles. The van der Waals surface area contributed by atoms with Crippen molar-refractivity contribution >= 4 is 40.6 Å². The second kappa shape index (κ2) is 8.75. The number of nitrogens with two attached hydrogens (primary N) is 1. The van der Waals surface area contributed by atoms with Crippen molar-refractivity contribution in [2.45, 2.75) is 18.8 Å². The number of rotatable bonds is 4. The molecule has 1 atom stereocenters. The molecule has 9 nitrogen and oxygen atoms in total. The van der Waals surface area contributed by atoms with E-state index in [2.05, 4.69) is 32.4 Å². The molecule has 4 aromatic rings. The molecule has 0 saturated heterocycles. The van der Waals surface area contributed by atoms with Crippen LogP contribution in [-0.2, 0) is 6.42 Å². The molecule has 0 saturated carbocycles. The lowest BCUT2D eigenvalue weighted by Crippen LogP contribution is -2.33. The summed E-state index contributed by atoms with van der Waals surface area (Å²) in [5.41, 5.74) is 7.36. The van der Waals surface area contributed by atoms with E-state index in [0.29, 0.717) is 5.15 Å². The van der Waals surface area contributed by atoms with Gasteiger partial charge in [-0.2, -0.15) is 4.68 Å². The van der Waals surface area contributed by atoms with Crippen LogP contribution in [0.2, 0.25) is 15.2 Å². The maximum atomic E-state index is 12.1. The van der Waals surface area contributed by atoms with Gasteiger partial charge in [0.2, 0.25) is 11.7 Å². The van der Waals surface area contributed by atoms with Gasteiger partial charge in [0.15, 0.2) is 10.9 Å². The van der Waals surface area contributed by atoms with Gasteiger partial charge in [-0.05, 0) is 36.1 Å². The predicted octanol–water partition coefficient (Wildman–Crippen LogP) is 4.12. The maximum Gasteiger partial charge on any atom is 0.349 e. The molecule has 0 fully saturated rings. The summed E-state index contributed by atoms with van der Waals surface area (Å²) in [6, 6.07) is 12.7. The van der Waals surface area contributed by atoms with Crippen LogP contribution in [-0.4, -0.2) is 25.0 Å². The Morgan fingerprint density at radius 1 is 1.03 bits per heavy atom. The molecule has 0 aliphatic heterocycles. The standard InChI is InChI=1S/C22H15Cl3N6O3/c23-15-7-11(31-22(33)27-21(32)20(26)30-31)8-16(24)18(15)34-17-9-14(19(25)29-28-17)13-6-5-10-3-1-2-4-12(10)13/h1-4,7-9,13H,5-6H2,(H2,26,30)(H,27,32,33). The zero-order valence-corrected chi connectivity index (χ0v) is 19.5. The molecule has 0 radical (unpaired) electrons. The molecule has 0 bridgehead atoms. The van der Waals surface area contributed by atoms with Gasteiger partial charge in [0.1, 0.15) is 0 Å². The van der Waals surface area contributed by atoms with Gasteiger partial charge in [0, 0.05) is 17.5 Å². The minimum atomic E-state index is -0.801. The monoisotopic (exact) mass is 516 g/mol. The smallest absolute Gasteiger partial charge is 0.349 e. The fourth-order valence-electron chi connectivity index (χ4n) is 4.01. The first-order valence-corrected chi connectivity index (χ1v) is 11.2. The van der Waals surface area contributed by atoms with E-state index in [1.165, 1.54) is 23.3 Å². The molecule has 3 N–H and O–H groups in total. The van der Waals surface area contributed by atoms with Gasteiger partial charge < -0.3 is 10.5 Å². The van der Waals surface area contributed by atoms with Crippen LogP contribution >= 0.6 is 34.8 Å². The van der Waals surface area contributed by atoms with Crippen molar-refractivity contribution in [3.8, 4) is 17.3 Å². The predicted molar refractivity (Wildman–Crippen MR) is 129 cm³/mol. The van der Waals surface area contributed by atoms with E-state index in [1.54, 1.807) is 6.07 Å². The fourth-order valence-corrected chi connectivity index (χ4v) is 4.78. The van der Waals surface area contributed by atoms with Gasteiger partial charge >= 0.3 is 5.69 Å². The zero-order valence-electron chi connectivity index (χ0n) is 17.3. The number of nitrogen functional groups attached to an aromatic ring is 1. The molecule has 5 rings (SSSR count). The van der Waals surface area contributed by atoms with Crippen molar-refractivity contribution in [1.29, 1.82) is 0 Å². The third-order valence-corrected chi connectivity index (χ3v) is 6.40. The fraction of sp³-hybridized carbons (Fsp3) is 0.136. The van der Waals surface area contributed by atoms with Gasteiger partial charge in [-0.25, -0.2) is 4.79 Å². The molecule has 172 valence electrons. The van der Waals surface area contributed by atoms with E-state index in [1.807, 2.05) is 12.1 Å². The van der Waals surface area contributed by atoms with Crippen molar-refractivity contribution in [2.24, 2.45) is 0 Å². The van der Waals surface area contributed by atoms with Crippen molar-refractivity contribution in [2.75, 3.05) is 5.73 Å². The lowest BCUT2D eigenvalue weighted by Gasteiger charge is -2.15. The number of benzene rings is 2. The molecule has 2 aromatic carbocycles. The van der Waals surface area contributed by atoms with E-state index in [-0.39, 0.29) is 39.1 Å². The highest BCUT2D eigenvalue weighted by atomic mass is 35.5. The van der Waals surface area contributed by atoms with Crippen LogP contribution in [0.25, 0.3) is 5.69 Å². The van der Waals surface area contributed by atoms with Crippen LogP contribution in [0.1, 0.15) is 29.0 Å². The summed E-state index contributed by atoms with van der Waals surface area (Å²) >= 11 is 19.2. The largest absolute Gasteiger partial charge is 0.434 e.